The van der Waals surface area contributed by atoms with Crippen molar-refractivity contribution in [2.75, 3.05) is 19.8 Å². The Hall–Kier alpha value is -1.59. The summed E-state index contributed by atoms with van der Waals surface area (Å²) in [5.41, 5.74) is 0. The lowest BCUT2D eigenvalue weighted by Gasteiger charge is -1.89. The summed E-state index contributed by atoms with van der Waals surface area (Å²) in [6, 6.07) is 0. The number of esters is 3. The van der Waals surface area contributed by atoms with Crippen LogP contribution in [0.5, 0.6) is 0 Å². The van der Waals surface area contributed by atoms with E-state index in [1.165, 1.54) is 46.5 Å². The molecule has 0 heterocycles. The Balaban J connectivity index is -0.000000111. The standard InChI is InChI=1S/C6H14.3C4H8O2/c1-3-5-6-4-2;3*1-3-6-4(2)5/h3-6H2,1-2H3;3*3H2,1-2H3. The maximum atomic E-state index is 9.82. The van der Waals surface area contributed by atoms with Crippen molar-refractivity contribution in [2.45, 2.75) is 81.1 Å². The summed E-state index contributed by atoms with van der Waals surface area (Å²) in [6.45, 7) is 15.4. The van der Waals surface area contributed by atoms with Crippen molar-refractivity contribution < 1.29 is 28.6 Å². The van der Waals surface area contributed by atoms with E-state index in [-0.39, 0.29) is 17.9 Å². The predicted molar refractivity (Wildman–Crippen MR) is 96.7 cm³/mol. The molecule has 0 aromatic rings. The molecule has 0 N–H and O–H groups in total. The van der Waals surface area contributed by atoms with Crippen molar-refractivity contribution in [3.8, 4) is 0 Å². The van der Waals surface area contributed by atoms with Gasteiger partial charge in [0.15, 0.2) is 0 Å². The fraction of sp³-hybridized carbons (Fsp3) is 0.833. The molecule has 146 valence electrons. The Labute approximate surface area is 148 Å². The van der Waals surface area contributed by atoms with Gasteiger partial charge in [-0.3, -0.25) is 14.4 Å². The summed E-state index contributed by atoms with van der Waals surface area (Å²) in [5, 5.41) is 0. The van der Waals surface area contributed by atoms with E-state index in [1.54, 1.807) is 20.8 Å². The molecule has 0 unspecified atom stereocenters. The summed E-state index contributed by atoms with van der Waals surface area (Å²) in [5.74, 6) is -0.632. The van der Waals surface area contributed by atoms with Crippen LogP contribution in [0.25, 0.3) is 0 Å². The Morgan fingerprint density at radius 3 is 0.792 bits per heavy atom. The SMILES string of the molecule is CCCCCC.CCOC(C)=O.CCOC(C)=O.CCOC(C)=O. The first-order valence-corrected chi connectivity index (χ1v) is 8.63. The fourth-order valence-corrected chi connectivity index (χ4v) is 1.11. The first-order chi connectivity index (χ1) is 11.2. The number of hydrogen-bond acceptors (Lipinski definition) is 6. The molecule has 0 saturated carbocycles. The molecule has 0 aromatic heterocycles. The summed E-state index contributed by atoms with van der Waals surface area (Å²) in [6.07, 6.45) is 5.54. The van der Waals surface area contributed by atoms with Crippen molar-refractivity contribution in [2.24, 2.45) is 0 Å². The Bertz CT molecular complexity index is 235. The van der Waals surface area contributed by atoms with Crippen molar-refractivity contribution in [3.63, 3.8) is 0 Å². The minimum atomic E-state index is -0.211. The number of carbonyl (C=O) groups excluding carboxylic acids is 3. The van der Waals surface area contributed by atoms with Gasteiger partial charge in [0, 0.05) is 20.8 Å². The maximum Gasteiger partial charge on any atom is 0.302 e. The molecule has 0 aliphatic heterocycles. The predicted octanol–water partition coefficient (Wildman–Crippen LogP) is 4.29. The van der Waals surface area contributed by atoms with Gasteiger partial charge in [-0.05, 0) is 20.8 Å². The molecule has 0 fully saturated rings. The van der Waals surface area contributed by atoms with Crippen LogP contribution in [0.2, 0.25) is 0 Å². The fourth-order valence-electron chi connectivity index (χ4n) is 1.11. The van der Waals surface area contributed by atoms with Gasteiger partial charge in [-0.25, -0.2) is 0 Å². The van der Waals surface area contributed by atoms with Crippen molar-refractivity contribution in [1.82, 2.24) is 0 Å². The van der Waals surface area contributed by atoms with Gasteiger partial charge in [-0.1, -0.05) is 39.5 Å². The van der Waals surface area contributed by atoms with Crippen LogP contribution in [0.3, 0.4) is 0 Å². The van der Waals surface area contributed by atoms with E-state index in [4.69, 9.17) is 0 Å². The molecule has 0 bridgehead atoms. The van der Waals surface area contributed by atoms with Crippen LogP contribution in [-0.4, -0.2) is 37.7 Å². The van der Waals surface area contributed by atoms with E-state index in [1.807, 2.05) is 0 Å². The molecular weight excluding hydrogens is 312 g/mol. The zero-order chi connectivity index (χ0) is 19.8. The normalized spacial score (nSPS) is 8.00. The monoisotopic (exact) mass is 350 g/mol. The largest absolute Gasteiger partial charge is 0.466 e. The highest BCUT2D eigenvalue weighted by Crippen LogP contribution is 1.95. The number of unbranched alkanes of at least 4 members (excludes halogenated alkanes) is 3. The Morgan fingerprint density at radius 2 is 0.750 bits per heavy atom. The van der Waals surface area contributed by atoms with E-state index >= 15 is 0 Å². The van der Waals surface area contributed by atoms with Gasteiger partial charge in [0.1, 0.15) is 0 Å². The highest BCUT2D eigenvalue weighted by atomic mass is 16.5. The topological polar surface area (TPSA) is 78.9 Å². The molecule has 6 nitrogen and oxygen atoms in total. The van der Waals surface area contributed by atoms with Crippen LogP contribution in [0.1, 0.15) is 81.1 Å². The van der Waals surface area contributed by atoms with Crippen LogP contribution in [0, 0.1) is 0 Å². The van der Waals surface area contributed by atoms with Gasteiger partial charge in [0.05, 0.1) is 19.8 Å². The second-order valence-electron chi connectivity index (χ2n) is 4.48. The molecular formula is C18H38O6. The smallest absolute Gasteiger partial charge is 0.302 e. The minimum Gasteiger partial charge on any atom is -0.466 e. The van der Waals surface area contributed by atoms with Crippen LogP contribution >= 0.6 is 0 Å². The van der Waals surface area contributed by atoms with Gasteiger partial charge < -0.3 is 14.2 Å². The van der Waals surface area contributed by atoms with Crippen LogP contribution in [0.15, 0.2) is 0 Å². The van der Waals surface area contributed by atoms with E-state index in [9.17, 15) is 14.4 Å². The number of hydrogen-bond donors (Lipinski definition) is 0. The van der Waals surface area contributed by atoms with Gasteiger partial charge in [0.2, 0.25) is 0 Å². The lowest BCUT2D eigenvalue weighted by atomic mass is 10.2. The van der Waals surface area contributed by atoms with Gasteiger partial charge in [-0.2, -0.15) is 0 Å². The molecule has 6 heteroatoms. The zero-order valence-electron chi connectivity index (χ0n) is 16.9. The molecule has 0 saturated heterocycles. The summed E-state index contributed by atoms with van der Waals surface area (Å²) in [7, 11) is 0. The highest BCUT2D eigenvalue weighted by molar-refractivity contribution is 5.66. The van der Waals surface area contributed by atoms with Crippen LogP contribution in [0.4, 0.5) is 0 Å². The number of ether oxygens (including phenoxy) is 3. The van der Waals surface area contributed by atoms with Crippen LogP contribution < -0.4 is 0 Å². The van der Waals surface area contributed by atoms with Crippen molar-refractivity contribution in [1.29, 1.82) is 0 Å². The molecule has 0 spiro atoms. The molecule has 0 aliphatic carbocycles. The zero-order valence-corrected chi connectivity index (χ0v) is 16.9. The molecule has 0 aromatic carbocycles. The molecule has 0 atom stereocenters. The third-order valence-corrected chi connectivity index (χ3v) is 2.00. The molecule has 24 heavy (non-hydrogen) atoms. The average Bonchev–Trinajstić information content (AvgIpc) is 2.46. The maximum absolute atomic E-state index is 9.82. The second-order valence-corrected chi connectivity index (χ2v) is 4.48. The summed E-state index contributed by atoms with van der Waals surface area (Å²) < 4.78 is 13.2. The van der Waals surface area contributed by atoms with Crippen molar-refractivity contribution in [3.05, 3.63) is 0 Å². The summed E-state index contributed by atoms with van der Waals surface area (Å²) in [4.78, 5) is 29.5. The van der Waals surface area contributed by atoms with Crippen molar-refractivity contribution >= 4 is 17.9 Å². The van der Waals surface area contributed by atoms with E-state index in [2.05, 4.69) is 28.1 Å². The van der Waals surface area contributed by atoms with Gasteiger partial charge in [-0.15, -0.1) is 0 Å². The molecule has 0 radical (unpaired) electrons. The average molecular weight is 350 g/mol. The Kier molecular flexibility index (Phi) is 37.2. The lowest BCUT2D eigenvalue weighted by molar-refractivity contribution is -0.141. The Morgan fingerprint density at radius 1 is 0.542 bits per heavy atom. The first-order valence-electron chi connectivity index (χ1n) is 8.63. The quantitative estimate of drug-likeness (QED) is 0.404. The van der Waals surface area contributed by atoms with Gasteiger partial charge >= 0.3 is 17.9 Å². The van der Waals surface area contributed by atoms with Gasteiger partial charge in [0.25, 0.3) is 0 Å². The van der Waals surface area contributed by atoms with E-state index in [0.29, 0.717) is 19.8 Å². The highest BCUT2D eigenvalue weighted by Gasteiger charge is 1.82. The molecule has 0 rings (SSSR count). The second kappa shape index (κ2) is 29.4. The van der Waals surface area contributed by atoms with E-state index < -0.39 is 0 Å². The molecule has 0 amide bonds. The van der Waals surface area contributed by atoms with E-state index in [0.717, 1.165) is 0 Å². The number of carbonyl (C=O) groups is 3. The van der Waals surface area contributed by atoms with Crippen LogP contribution in [-0.2, 0) is 28.6 Å². The third-order valence-electron chi connectivity index (χ3n) is 2.00. The lowest BCUT2D eigenvalue weighted by Crippen LogP contribution is -1.95. The number of rotatable bonds is 6. The molecule has 0 aliphatic rings. The minimum absolute atomic E-state index is 0.211. The first kappa shape index (κ1) is 30.3. The summed E-state index contributed by atoms with van der Waals surface area (Å²) >= 11 is 0. The third kappa shape index (κ3) is 71.0.